The summed E-state index contributed by atoms with van der Waals surface area (Å²) in [5, 5.41) is 4.28. The fourth-order valence-corrected chi connectivity index (χ4v) is 10.0. The van der Waals surface area contributed by atoms with Gasteiger partial charge in [-0.15, -0.1) is 34.5 Å². The van der Waals surface area contributed by atoms with E-state index < -0.39 is 8.07 Å². The number of rotatable bonds is 2. The normalized spacial score (nSPS) is 16.5. The molecule has 2 aliphatic heterocycles. The minimum atomic E-state index is -1.08. The van der Waals surface area contributed by atoms with Crippen molar-refractivity contribution in [3.8, 4) is 11.1 Å². The van der Waals surface area contributed by atoms with E-state index >= 15 is 0 Å². The maximum Gasteiger partial charge on any atom is 3.00 e. The molecule has 1 aliphatic carbocycles. The zero-order valence-corrected chi connectivity index (χ0v) is 25.6. The van der Waals surface area contributed by atoms with Crippen molar-refractivity contribution in [1.29, 1.82) is 0 Å². The molecule has 0 spiro atoms. The van der Waals surface area contributed by atoms with Gasteiger partial charge in [0.2, 0.25) is 0 Å². The summed E-state index contributed by atoms with van der Waals surface area (Å²) < 4.78 is 5.51. The maximum absolute atomic E-state index is 5.51. The van der Waals surface area contributed by atoms with Gasteiger partial charge in [0, 0.05) is 11.1 Å². The van der Waals surface area contributed by atoms with Crippen molar-refractivity contribution in [2.45, 2.75) is 52.2 Å². The predicted octanol–water partition coefficient (Wildman–Crippen LogP) is 2.61. The Balaban J connectivity index is 0.000000238. The first-order valence-corrected chi connectivity index (χ1v) is 14.4. The van der Waals surface area contributed by atoms with Crippen LogP contribution in [0.3, 0.4) is 0 Å². The molecule has 2 bridgehead atoms. The van der Waals surface area contributed by atoms with Crippen LogP contribution in [0, 0.1) is 6.92 Å². The largest absolute Gasteiger partial charge is 3.00 e. The van der Waals surface area contributed by atoms with Gasteiger partial charge in [0.15, 0.2) is 0 Å². The number of allylic oxidation sites excluding steroid dienone is 1. The molecule has 0 amide bonds. The molecule has 5 heteroatoms. The summed E-state index contributed by atoms with van der Waals surface area (Å²) in [7, 11) is -1.08. The van der Waals surface area contributed by atoms with Crippen molar-refractivity contribution < 1.29 is 55.4 Å². The number of hydrogen-bond acceptors (Lipinski definition) is 1. The van der Waals surface area contributed by atoms with Crippen LogP contribution >= 0.6 is 0 Å². The molecule has 1 atom stereocenters. The van der Waals surface area contributed by atoms with E-state index in [-0.39, 0.29) is 51.0 Å². The molecule has 0 saturated heterocycles. The molecular weight excluding hydrogens is 555 g/mol. The molecule has 1 unspecified atom stereocenters. The molecule has 34 heavy (non-hydrogen) atoms. The smallest absolute Gasteiger partial charge is 1.00 e. The summed E-state index contributed by atoms with van der Waals surface area (Å²) >= 11 is 0. The van der Waals surface area contributed by atoms with Crippen molar-refractivity contribution in [1.82, 2.24) is 0 Å². The standard InChI is InChI=1S/C19H19.C10H12OSi.2ClH.Zr/c1-13(2)15-7-9-16(10-8-15)18-6-4-5-17-11-14(3)12-19(17)18;1-6-9-7-4-5-11-8(7)10(6)12(9,2)3;;;/h4-13H,1-3H3;4-5,9H,1-3H3;2*1H;/q-1;;;;+3/p-2. The van der Waals surface area contributed by atoms with E-state index in [2.05, 4.69) is 101 Å². The monoisotopic (exact) mass is 583 g/mol. The second-order valence-corrected chi connectivity index (χ2v) is 14.6. The number of fused-ring (bicyclic) bond motifs is 1. The molecule has 0 N–H and O–H groups in total. The molecule has 1 aromatic heterocycles. The number of aryl methyl sites for hydroxylation is 1. The molecule has 0 saturated carbocycles. The van der Waals surface area contributed by atoms with Crippen molar-refractivity contribution >= 4 is 24.0 Å². The van der Waals surface area contributed by atoms with Crippen LogP contribution in [0.4, 0.5) is 0 Å². The van der Waals surface area contributed by atoms with Crippen molar-refractivity contribution in [3.63, 3.8) is 0 Å². The van der Waals surface area contributed by atoms with E-state index in [1.165, 1.54) is 44.3 Å². The third-order valence-corrected chi connectivity index (χ3v) is 11.3. The summed E-state index contributed by atoms with van der Waals surface area (Å²) in [5.74, 6) is 1.81. The summed E-state index contributed by atoms with van der Waals surface area (Å²) in [6, 6.07) is 22.2. The van der Waals surface area contributed by atoms with Crippen LogP contribution in [0.15, 0.2) is 76.9 Å². The van der Waals surface area contributed by atoms with Crippen LogP contribution in [0.1, 0.15) is 54.7 Å². The predicted molar refractivity (Wildman–Crippen MR) is 135 cm³/mol. The third-order valence-electron chi connectivity index (χ3n) is 7.21. The Kier molecular flexibility index (Phi) is 9.20. The van der Waals surface area contributed by atoms with Gasteiger partial charge in [-0.05, 0) is 35.2 Å². The molecule has 7 rings (SSSR count). The van der Waals surface area contributed by atoms with E-state index in [4.69, 9.17) is 4.42 Å². The third kappa shape index (κ3) is 4.62. The van der Waals surface area contributed by atoms with Crippen LogP contribution < -0.4 is 24.8 Å². The van der Waals surface area contributed by atoms with Gasteiger partial charge in [-0.2, -0.15) is 6.07 Å². The number of halogens is 2. The van der Waals surface area contributed by atoms with E-state index in [9.17, 15) is 0 Å². The summed E-state index contributed by atoms with van der Waals surface area (Å²) in [6.07, 6.45) is 1.83. The minimum Gasteiger partial charge on any atom is -1.00 e. The van der Waals surface area contributed by atoms with E-state index in [1.54, 1.807) is 10.8 Å². The van der Waals surface area contributed by atoms with Crippen LogP contribution in [0.2, 0.25) is 13.1 Å². The molecule has 175 valence electrons. The fraction of sp³-hybridized carbons (Fsp3) is 0.276. The SMILES string of the molecule is CC1=C2c3occc3C1[Si]2(C)C.Cc1cc2c(-c3ccc(C(C)C)cc3)cccc2[cH-]1.[Cl-].[Cl-].[Zr+3]. The average Bonchev–Trinajstić information content (AvgIpc) is 3.44. The number of hydrogen-bond donors (Lipinski definition) is 0. The van der Waals surface area contributed by atoms with Gasteiger partial charge in [0.1, 0.15) is 5.76 Å². The second kappa shape index (κ2) is 10.8. The fourth-order valence-electron chi connectivity index (χ4n) is 5.79. The zero-order valence-electron chi connectivity index (χ0n) is 20.7. The molecule has 1 radical (unpaired) electrons. The summed E-state index contributed by atoms with van der Waals surface area (Å²) in [4.78, 5) is 0. The van der Waals surface area contributed by atoms with Crippen LogP contribution in [0.5, 0.6) is 0 Å². The van der Waals surface area contributed by atoms with Gasteiger partial charge in [-0.25, -0.2) is 0 Å². The molecule has 0 fully saturated rings. The Morgan fingerprint density at radius 2 is 1.62 bits per heavy atom. The van der Waals surface area contributed by atoms with Gasteiger partial charge in [-0.1, -0.05) is 75.3 Å². The Morgan fingerprint density at radius 1 is 0.941 bits per heavy atom. The summed E-state index contributed by atoms with van der Waals surface area (Å²) in [5.41, 5.74) is 9.21. The van der Waals surface area contributed by atoms with E-state index in [1.807, 2.05) is 6.26 Å². The molecule has 3 heterocycles. The molecule has 1 nitrogen and oxygen atoms in total. The minimum absolute atomic E-state index is 0. The average molecular weight is 586 g/mol. The number of benzene rings is 2. The van der Waals surface area contributed by atoms with E-state index in [0.29, 0.717) is 5.92 Å². The quantitative estimate of drug-likeness (QED) is 0.261. The Morgan fingerprint density at radius 3 is 2.21 bits per heavy atom. The van der Waals surface area contributed by atoms with Crippen molar-refractivity contribution in [3.05, 3.63) is 95.0 Å². The second-order valence-electron chi connectivity index (χ2n) is 10.0. The molecule has 3 aromatic carbocycles. The van der Waals surface area contributed by atoms with Crippen LogP contribution in [-0.4, -0.2) is 8.07 Å². The van der Waals surface area contributed by atoms with Gasteiger partial charge in [-0.3, -0.25) is 0 Å². The first-order valence-electron chi connectivity index (χ1n) is 11.3. The Labute approximate surface area is 236 Å². The van der Waals surface area contributed by atoms with Gasteiger partial charge >= 0.3 is 26.2 Å². The molecular formula is C29H31Cl2OSiZr. The zero-order chi connectivity index (χ0) is 21.9. The maximum atomic E-state index is 5.51. The van der Waals surface area contributed by atoms with Gasteiger partial charge < -0.3 is 29.2 Å². The topological polar surface area (TPSA) is 13.1 Å². The summed E-state index contributed by atoms with van der Waals surface area (Å²) in [6.45, 7) is 13.8. The first kappa shape index (κ1) is 29.0. The molecule has 3 aliphatic rings. The first-order chi connectivity index (χ1) is 14.8. The van der Waals surface area contributed by atoms with Crippen molar-refractivity contribution in [2.75, 3.05) is 0 Å². The number of furan rings is 1. The van der Waals surface area contributed by atoms with Crippen LogP contribution in [-0.2, 0) is 26.2 Å². The van der Waals surface area contributed by atoms with E-state index in [0.717, 1.165) is 5.54 Å². The van der Waals surface area contributed by atoms with Crippen molar-refractivity contribution in [2.24, 2.45) is 0 Å². The molecule has 4 aromatic rings. The Bertz CT molecular complexity index is 1310. The van der Waals surface area contributed by atoms with Gasteiger partial charge in [0.05, 0.1) is 14.3 Å². The Hall–Kier alpha value is -1.25. The van der Waals surface area contributed by atoms with Gasteiger partial charge in [0.25, 0.3) is 0 Å². The van der Waals surface area contributed by atoms with Crippen LogP contribution in [0.25, 0.3) is 27.1 Å².